The first-order valence-electron chi connectivity index (χ1n) is 10.9. The molecule has 0 bridgehead atoms. The first-order chi connectivity index (χ1) is 15.8. The molecular weight excluding hydrogens is 404 g/mol. The minimum absolute atomic E-state index is 0.0126. The van der Waals surface area contributed by atoms with E-state index in [9.17, 15) is 0 Å². The maximum absolute atomic E-state index is 5.51. The van der Waals surface area contributed by atoms with Gasteiger partial charge in [0.1, 0.15) is 12.3 Å². The fourth-order valence-corrected chi connectivity index (χ4v) is 3.95. The van der Waals surface area contributed by atoms with Gasteiger partial charge in [-0.2, -0.15) is 0 Å². The van der Waals surface area contributed by atoms with Crippen LogP contribution in [0.3, 0.4) is 0 Å². The molecule has 8 heteroatoms. The summed E-state index contributed by atoms with van der Waals surface area (Å²) < 4.78 is 10.5. The Morgan fingerprint density at radius 1 is 0.812 bits per heavy atom. The van der Waals surface area contributed by atoms with E-state index in [-0.39, 0.29) is 12.3 Å². The highest BCUT2D eigenvalue weighted by molar-refractivity contribution is 5.80. The van der Waals surface area contributed by atoms with Crippen LogP contribution in [0.2, 0.25) is 0 Å². The maximum atomic E-state index is 5.51. The van der Waals surface area contributed by atoms with Gasteiger partial charge in [-0.1, -0.05) is 12.1 Å². The van der Waals surface area contributed by atoms with Crippen molar-refractivity contribution in [3.05, 3.63) is 72.1 Å². The van der Waals surface area contributed by atoms with Gasteiger partial charge in [-0.3, -0.25) is 4.98 Å². The Morgan fingerprint density at radius 3 is 2.44 bits per heavy atom. The number of hydrogen-bond donors (Lipinski definition) is 5. The van der Waals surface area contributed by atoms with Gasteiger partial charge in [0.05, 0.1) is 48.3 Å². The Bertz CT molecular complexity index is 1060. The zero-order chi connectivity index (χ0) is 21.8. The zero-order valence-corrected chi connectivity index (χ0v) is 18.0. The van der Waals surface area contributed by atoms with Gasteiger partial charge in [0, 0.05) is 25.5 Å². The number of nitrogens with zero attached hydrogens (tertiary/aromatic N) is 1. The van der Waals surface area contributed by atoms with Crippen molar-refractivity contribution in [1.82, 2.24) is 4.98 Å². The lowest BCUT2D eigenvalue weighted by Gasteiger charge is -2.14. The summed E-state index contributed by atoms with van der Waals surface area (Å²) in [6, 6.07) is 18.7. The third-order valence-corrected chi connectivity index (χ3v) is 5.59. The van der Waals surface area contributed by atoms with Crippen LogP contribution in [0.4, 0.5) is 28.4 Å². The van der Waals surface area contributed by atoms with E-state index in [1.54, 1.807) is 7.11 Å². The van der Waals surface area contributed by atoms with Gasteiger partial charge in [-0.15, -0.1) is 0 Å². The number of benzene rings is 2. The van der Waals surface area contributed by atoms with E-state index in [0.29, 0.717) is 19.8 Å². The topological polar surface area (TPSA) is 91.5 Å². The molecule has 166 valence electrons. The van der Waals surface area contributed by atoms with Gasteiger partial charge in [-0.05, 0) is 48.0 Å². The molecule has 0 fully saturated rings. The molecule has 0 saturated carbocycles. The van der Waals surface area contributed by atoms with Crippen molar-refractivity contribution >= 4 is 28.4 Å². The second-order valence-electron chi connectivity index (χ2n) is 7.80. The van der Waals surface area contributed by atoms with Crippen molar-refractivity contribution < 1.29 is 9.47 Å². The van der Waals surface area contributed by atoms with Crippen LogP contribution in [0.25, 0.3) is 0 Å². The van der Waals surface area contributed by atoms with E-state index in [2.05, 4.69) is 68.0 Å². The van der Waals surface area contributed by atoms with E-state index in [1.165, 1.54) is 0 Å². The minimum Gasteiger partial charge on any atom is -0.383 e. The van der Waals surface area contributed by atoms with Crippen LogP contribution in [0.1, 0.15) is 23.6 Å². The lowest BCUT2D eigenvalue weighted by molar-refractivity contribution is 0.0759. The Balaban J connectivity index is 1.20. The smallest absolute Gasteiger partial charge is 0.141 e. The predicted molar refractivity (Wildman–Crippen MR) is 128 cm³/mol. The molecule has 8 nitrogen and oxygen atoms in total. The van der Waals surface area contributed by atoms with Crippen LogP contribution in [-0.2, 0) is 9.47 Å². The average molecular weight is 433 g/mol. The molecule has 2 aliphatic rings. The van der Waals surface area contributed by atoms with E-state index < -0.39 is 0 Å². The van der Waals surface area contributed by atoms with Crippen LogP contribution >= 0.6 is 0 Å². The van der Waals surface area contributed by atoms with Crippen molar-refractivity contribution in [3.8, 4) is 0 Å². The molecule has 0 amide bonds. The molecule has 0 aliphatic carbocycles. The fourth-order valence-electron chi connectivity index (χ4n) is 3.95. The molecule has 0 radical (unpaired) electrons. The summed E-state index contributed by atoms with van der Waals surface area (Å²) in [4.78, 5) is 4.45. The molecule has 5 N–H and O–H groups in total. The number of anilines is 5. The quantitative estimate of drug-likeness (QED) is 0.321. The first-order valence-corrected chi connectivity index (χ1v) is 10.9. The number of ether oxygens (including phenoxy) is 2. The molecule has 2 atom stereocenters. The molecule has 3 heterocycles. The highest BCUT2D eigenvalue weighted by Gasteiger charge is 2.26. The van der Waals surface area contributed by atoms with Crippen LogP contribution in [-0.4, -0.2) is 38.5 Å². The summed E-state index contributed by atoms with van der Waals surface area (Å²) in [5.41, 5.74) is 7.53. The molecule has 3 aromatic rings. The first kappa shape index (κ1) is 20.4. The van der Waals surface area contributed by atoms with Crippen molar-refractivity contribution in [1.29, 1.82) is 0 Å². The van der Waals surface area contributed by atoms with Crippen LogP contribution < -0.4 is 26.6 Å². The van der Waals surface area contributed by atoms with E-state index in [4.69, 9.17) is 9.47 Å². The molecule has 2 aliphatic heterocycles. The maximum Gasteiger partial charge on any atom is 0.141 e. The summed E-state index contributed by atoms with van der Waals surface area (Å²) in [6.45, 7) is 2.63. The Labute approximate surface area is 187 Å². The lowest BCUT2D eigenvalue weighted by atomic mass is 10.1. The van der Waals surface area contributed by atoms with E-state index in [1.807, 2.05) is 24.4 Å². The molecule has 0 saturated heterocycles. The number of aromatic nitrogens is 1. The van der Waals surface area contributed by atoms with Crippen LogP contribution in [0.15, 0.2) is 60.8 Å². The summed E-state index contributed by atoms with van der Waals surface area (Å²) in [5, 5.41) is 17.6. The van der Waals surface area contributed by atoms with Crippen molar-refractivity contribution in [3.63, 3.8) is 0 Å². The van der Waals surface area contributed by atoms with Gasteiger partial charge in [0.2, 0.25) is 0 Å². The second-order valence-corrected chi connectivity index (χ2v) is 7.80. The molecular formula is C24H28N6O2. The molecule has 5 rings (SSSR count). The largest absolute Gasteiger partial charge is 0.383 e. The van der Waals surface area contributed by atoms with Crippen molar-refractivity contribution in [2.24, 2.45) is 0 Å². The zero-order valence-electron chi connectivity index (χ0n) is 18.0. The van der Waals surface area contributed by atoms with Gasteiger partial charge in [-0.25, -0.2) is 0 Å². The van der Waals surface area contributed by atoms with Gasteiger partial charge < -0.3 is 36.1 Å². The molecule has 2 aromatic carbocycles. The number of methoxy groups -OCH3 is 1. The summed E-state index contributed by atoms with van der Waals surface area (Å²) in [7, 11) is 1.68. The number of pyridine rings is 1. The number of hydrogen-bond acceptors (Lipinski definition) is 8. The normalized spacial score (nSPS) is 18.0. The van der Waals surface area contributed by atoms with Gasteiger partial charge in [0.15, 0.2) is 0 Å². The molecule has 32 heavy (non-hydrogen) atoms. The number of nitrogens with one attached hydrogen (secondary N) is 5. The highest BCUT2D eigenvalue weighted by atomic mass is 16.5. The standard InChI is InChI=1S/C24H28N6O2/c1-31-12-13-32-11-10-25-17-6-8-19-22(15-17)29-23(27-19)16-5-7-18-21(14-16)30-24(28-18)20-4-2-3-9-26-20/h2-9,14-15,23-25,27-30H,10-13H2,1H3. The highest BCUT2D eigenvalue weighted by Crippen LogP contribution is 2.40. The molecule has 1 aromatic heterocycles. The third-order valence-electron chi connectivity index (χ3n) is 5.59. The van der Waals surface area contributed by atoms with E-state index in [0.717, 1.165) is 46.2 Å². The average Bonchev–Trinajstić information content (AvgIpc) is 3.45. The van der Waals surface area contributed by atoms with E-state index >= 15 is 0 Å². The summed E-state index contributed by atoms with van der Waals surface area (Å²) in [6.07, 6.45) is 1.81. The Hall–Kier alpha value is -3.49. The monoisotopic (exact) mass is 432 g/mol. The van der Waals surface area contributed by atoms with Crippen molar-refractivity contribution in [2.75, 3.05) is 60.1 Å². The van der Waals surface area contributed by atoms with Crippen LogP contribution in [0, 0.1) is 0 Å². The van der Waals surface area contributed by atoms with Gasteiger partial charge in [0.25, 0.3) is 0 Å². The minimum atomic E-state index is -0.0183. The lowest BCUT2D eigenvalue weighted by Crippen LogP contribution is -2.13. The number of fused-ring (bicyclic) bond motifs is 2. The third kappa shape index (κ3) is 4.42. The molecule has 0 spiro atoms. The van der Waals surface area contributed by atoms with Gasteiger partial charge >= 0.3 is 0 Å². The van der Waals surface area contributed by atoms with Crippen molar-refractivity contribution in [2.45, 2.75) is 12.3 Å². The summed E-state index contributed by atoms with van der Waals surface area (Å²) >= 11 is 0. The second kappa shape index (κ2) is 9.33. The van der Waals surface area contributed by atoms with Crippen LogP contribution in [0.5, 0.6) is 0 Å². The fraction of sp³-hybridized carbons (Fsp3) is 0.292. The SMILES string of the molecule is COCCOCCNc1ccc2c(c1)NC(c1ccc3c(c1)NC(c1ccccn1)N3)N2. The Morgan fingerprint density at radius 2 is 1.59 bits per heavy atom. The number of rotatable bonds is 9. The molecule has 2 unspecified atom stereocenters. The summed E-state index contributed by atoms with van der Waals surface area (Å²) in [5.74, 6) is 0. The predicted octanol–water partition coefficient (Wildman–Crippen LogP) is 4.23. The Kier molecular flexibility index (Phi) is 5.96.